The molecule has 3 heterocycles. The molecule has 2 aromatic heterocycles. The molecule has 1 aliphatic rings. The molecular formula is C21H24N6. The molecule has 6 heteroatoms. The second kappa shape index (κ2) is 8.03. The van der Waals surface area contributed by atoms with E-state index < -0.39 is 0 Å². The Bertz CT molecular complexity index is 875. The first kappa shape index (κ1) is 17.3. The summed E-state index contributed by atoms with van der Waals surface area (Å²) in [5.74, 6) is 1.61. The Morgan fingerprint density at radius 1 is 0.889 bits per heavy atom. The standard InChI is InChI=1S/C21H24N6/c1-17-5-4-7-19(15-17)26-11-13-27(14-12-26)21-23-10-8-20(25-21)24-16-18-6-2-3-9-22-18/h2-10,15H,11-14,16H2,1H3,(H,23,24,25). The highest BCUT2D eigenvalue weighted by Gasteiger charge is 2.19. The first-order valence-corrected chi connectivity index (χ1v) is 9.31. The molecule has 0 spiro atoms. The molecule has 1 fully saturated rings. The fraction of sp³-hybridized carbons (Fsp3) is 0.286. The number of nitrogens with zero attached hydrogens (tertiary/aromatic N) is 5. The molecule has 0 atom stereocenters. The molecular weight excluding hydrogens is 336 g/mol. The number of hydrogen-bond donors (Lipinski definition) is 1. The second-order valence-corrected chi connectivity index (χ2v) is 6.73. The van der Waals surface area contributed by atoms with Gasteiger partial charge in [-0.2, -0.15) is 4.98 Å². The van der Waals surface area contributed by atoms with Crippen LogP contribution >= 0.6 is 0 Å². The van der Waals surface area contributed by atoms with Crippen molar-refractivity contribution in [2.75, 3.05) is 41.3 Å². The summed E-state index contributed by atoms with van der Waals surface area (Å²) < 4.78 is 0. The smallest absolute Gasteiger partial charge is 0.227 e. The van der Waals surface area contributed by atoms with E-state index in [2.05, 4.69) is 61.3 Å². The van der Waals surface area contributed by atoms with E-state index in [0.717, 1.165) is 43.6 Å². The highest BCUT2D eigenvalue weighted by molar-refractivity contribution is 5.50. The number of aryl methyl sites for hydroxylation is 1. The Hall–Kier alpha value is -3.15. The Kier molecular flexibility index (Phi) is 5.14. The van der Waals surface area contributed by atoms with Gasteiger partial charge >= 0.3 is 0 Å². The van der Waals surface area contributed by atoms with Crippen molar-refractivity contribution in [2.45, 2.75) is 13.5 Å². The zero-order valence-corrected chi connectivity index (χ0v) is 15.5. The van der Waals surface area contributed by atoms with Gasteiger partial charge in [0.25, 0.3) is 0 Å². The van der Waals surface area contributed by atoms with Crippen molar-refractivity contribution >= 4 is 17.5 Å². The summed E-state index contributed by atoms with van der Waals surface area (Å²) in [5, 5.41) is 3.33. The molecule has 0 bridgehead atoms. The quantitative estimate of drug-likeness (QED) is 0.754. The van der Waals surface area contributed by atoms with E-state index in [4.69, 9.17) is 0 Å². The van der Waals surface area contributed by atoms with Crippen molar-refractivity contribution in [3.8, 4) is 0 Å². The first-order chi connectivity index (χ1) is 13.3. The van der Waals surface area contributed by atoms with E-state index >= 15 is 0 Å². The second-order valence-electron chi connectivity index (χ2n) is 6.73. The topological polar surface area (TPSA) is 57.2 Å². The summed E-state index contributed by atoms with van der Waals surface area (Å²) in [4.78, 5) is 18.2. The average molecular weight is 360 g/mol. The number of piperazine rings is 1. The lowest BCUT2D eigenvalue weighted by Gasteiger charge is -2.36. The van der Waals surface area contributed by atoms with E-state index in [-0.39, 0.29) is 0 Å². The molecule has 1 saturated heterocycles. The van der Waals surface area contributed by atoms with Gasteiger partial charge < -0.3 is 15.1 Å². The minimum Gasteiger partial charge on any atom is -0.368 e. The van der Waals surface area contributed by atoms with E-state index in [9.17, 15) is 0 Å². The summed E-state index contributed by atoms with van der Waals surface area (Å²) >= 11 is 0. The summed E-state index contributed by atoms with van der Waals surface area (Å²) in [6.07, 6.45) is 3.62. The van der Waals surface area contributed by atoms with Gasteiger partial charge in [-0.15, -0.1) is 0 Å². The van der Waals surface area contributed by atoms with Crippen LogP contribution in [-0.4, -0.2) is 41.1 Å². The van der Waals surface area contributed by atoms with Gasteiger partial charge in [0.2, 0.25) is 5.95 Å². The molecule has 27 heavy (non-hydrogen) atoms. The number of pyridine rings is 1. The minimum absolute atomic E-state index is 0.651. The van der Waals surface area contributed by atoms with Crippen LogP contribution in [0, 0.1) is 6.92 Å². The zero-order chi connectivity index (χ0) is 18.5. The molecule has 1 aliphatic heterocycles. The van der Waals surface area contributed by atoms with Gasteiger partial charge in [-0.05, 0) is 42.8 Å². The molecule has 1 aromatic carbocycles. The predicted octanol–water partition coefficient (Wildman–Crippen LogP) is 3.12. The highest BCUT2D eigenvalue weighted by Crippen LogP contribution is 2.20. The third-order valence-electron chi connectivity index (χ3n) is 4.75. The number of hydrogen-bond acceptors (Lipinski definition) is 6. The number of benzene rings is 1. The van der Waals surface area contributed by atoms with Crippen LogP contribution in [0.25, 0.3) is 0 Å². The van der Waals surface area contributed by atoms with E-state index in [1.165, 1.54) is 11.3 Å². The van der Waals surface area contributed by atoms with Crippen LogP contribution in [0.5, 0.6) is 0 Å². The molecule has 0 unspecified atom stereocenters. The van der Waals surface area contributed by atoms with Crippen molar-refractivity contribution in [3.63, 3.8) is 0 Å². The summed E-state index contributed by atoms with van der Waals surface area (Å²) in [6.45, 7) is 6.56. The van der Waals surface area contributed by atoms with Crippen molar-refractivity contribution in [1.29, 1.82) is 0 Å². The Morgan fingerprint density at radius 2 is 1.74 bits per heavy atom. The Morgan fingerprint density at radius 3 is 2.52 bits per heavy atom. The monoisotopic (exact) mass is 360 g/mol. The summed E-state index contributed by atoms with van der Waals surface area (Å²) in [6, 6.07) is 16.5. The van der Waals surface area contributed by atoms with Crippen LogP contribution in [0.2, 0.25) is 0 Å². The minimum atomic E-state index is 0.651. The lowest BCUT2D eigenvalue weighted by molar-refractivity contribution is 0.640. The van der Waals surface area contributed by atoms with Gasteiger partial charge in [0, 0.05) is 44.3 Å². The predicted molar refractivity (Wildman–Crippen MR) is 109 cm³/mol. The van der Waals surface area contributed by atoms with Gasteiger partial charge in [0.1, 0.15) is 5.82 Å². The maximum atomic E-state index is 4.68. The van der Waals surface area contributed by atoms with Crippen molar-refractivity contribution in [3.05, 3.63) is 72.2 Å². The third kappa shape index (κ3) is 4.34. The van der Waals surface area contributed by atoms with Gasteiger partial charge in [-0.25, -0.2) is 4.98 Å². The van der Waals surface area contributed by atoms with Crippen molar-refractivity contribution in [2.24, 2.45) is 0 Å². The molecule has 0 radical (unpaired) electrons. The van der Waals surface area contributed by atoms with Gasteiger partial charge in [0.15, 0.2) is 0 Å². The SMILES string of the molecule is Cc1cccc(N2CCN(c3nccc(NCc4ccccn4)n3)CC2)c1. The number of rotatable bonds is 5. The molecule has 6 nitrogen and oxygen atoms in total. The van der Waals surface area contributed by atoms with Crippen LogP contribution in [0.3, 0.4) is 0 Å². The third-order valence-corrected chi connectivity index (χ3v) is 4.75. The van der Waals surface area contributed by atoms with Crippen LogP contribution in [0.1, 0.15) is 11.3 Å². The average Bonchev–Trinajstić information content (AvgIpc) is 2.73. The van der Waals surface area contributed by atoms with Crippen LogP contribution in [0.4, 0.5) is 17.5 Å². The number of aromatic nitrogens is 3. The molecule has 4 rings (SSSR count). The fourth-order valence-electron chi connectivity index (χ4n) is 3.27. The number of nitrogens with one attached hydrogen (secondary N) is 1. The maximum absolute atomic E-state index is 4.68. The van der Waals surface area contributed by atoms with Crippen LogP contribution in [0.15, 0.2) is 60.9 Å². The summed E-state index contributed by atoms with van der Waals surface area (Å²) in [7, 11) is 0. The van der Waals surface area contributed by atoms with Gasteiger partial charge in [-0.3, -0.25) is 4.98 Å². The number of anilines is 3. The molecule has 3 aromatic rings. The fourth-order valence-corrected chi connectivity index (χ4v) is 3.27. The largest absolute Gasteiger partial charge is 0.368 e. The maximum Gasteiger partial charge on any atom is 0.227 e. The molecule has 138 valence electrons. The van der Waals surface area contributed by atoms with E-state index in [1.54, 1.807) is 6.20 Å². The molecule has 0 aliphatic carbocycles. The van der Waals surface area contributed by atoms with Crippen LogP contribution in [-0.2, 0) is 6.54 Å². The van der Waals surface area contributed by atoms with Crippen molar-refractivity contribution in [1.82, 2.24) is 15.0 Å². The molecule has 0 amide bonds. The highest BCUT2D eigenvalue weighted by atomic mass is 15.3. The van der Waals surface area contributed by atoms with Crippen LogP contribution < -0.4 is 15.1 Å². The Labute approximate surface area is 159 Å². The van der Waals surface area contributed by atoms with Gasteiger partial charge in [-0.1, -0.05) is 18.2 Å². The van der Waals surface area contributed by atoms with Gasteiger partial charge in [0.05, 0.1) is 12.2 Å². The Balaban J connectivity index is 1.37. The summed E-state index contributed by atoms with van der Waals surface area (Å²) in [5.41, 5.74) is 3.58. The normalized spacial score (nSPS) is 14.3. The van der Waals surface area contributed by atoms with Crippen molar-refractivity contribution < 1.29 is 0 Å². The lowest BCUT2D eigenvalue weighted by Crippen LogP contribution is -2.47. The lowest BCUT2D eigenvalue weighted by atomic mass is 10.2. The first-order valence-electron chi connectivity index (χ1n) is 9.31. The zero-order valence-electron chi connectivity index (χ0n) is 15.5. The van der Waals surface area contributed by atoms with E-state index in [0.29, 0.717) is 6.54 Å². The molecule has 0 saturated carbocycles. The molecule has 1 N–H and O–H groups in total. The van der Waals surface area contributed by atoms with E-state index in [1.807, 2.05) is 30.5 Å².